The minimum absolute atomic E-state index is 0.181. The minimum Gasteiger partial charge on any atom is -0.496 e. The molecule has 0 radical (unpaired) electrons. The first-order valence-corrected chi connectivity index (χ1v) is 7.33. The summed E-state index contributed by atoms with van der Waals surface area (Å²) in [6.45, 7) is 0.181. The number of nitrogens with zero attached hydrogens (tertiary/aromatic N) is 2. The van der Waals surface area contributed by atoms with Gasteiger partial charge in [-0.05, 0) is 24.3 Å². The molecule has 6 heteroatoms. The van der Waals surface area contributed by atoms with Gasteiger partial charge in [0.25, 0.3) is 0 Å². The van der Waals surface area contributed by atoms with Crippen LogP contribution in [0, 0.1) is 11.3 Å². The molecule has 0 unspecified atom stereocenters. The van der Waals surface area contributed by atoms with Gasteiger partial charge in [-0.15, -0.1) is 0 Å². The maximum atomic E-state index is 9.55. The number of para-hydroxylation sites is 2. The second-order valence-electron chi connectivity index (χ2n) is 5.22. The van der Waals surface area contributed by atoms with Crippen LogP contribution in [-0.2, 0) is 0 Å². The lowest BCUT2D eigenvalue weighted by Gasteiger charge is -2.07. The van der Waals surface area contributed by atoms with Crippen molar-refractivity contribution in [2.75, 3.05) is 13.9 Å². The fourth-order valence-corrected chi connectivity index (χ4v) is 2.62. The van der Waals surface area contributed by atoms with Crippen molar-refractivity contribution in [1.82, 2.24) is 9.97 Å². The topological polar surface area (TPSA) is 80.2 Å². The second kappa shape index (κ2) is 5.63. The zero-order valence-electron chi connectivity index (χ0n) is 12.9. The summed E-state index contributed by atoms with van der Waals surface area (Å²) in [5.74, 6) is 2.37. The van der Waals surface area contributed by atoms with Crippen LogP contribution in [0.25, 0.3) is 22.7 Å². The Kier molecular flexibility index (Phi) is 3.32. The van der Waals surface area contributed by atoms with E-state index in [2.05, 4.69) is 16.0 Å². The van der Waals surface area contributed by atoms with E-state index in [0.29, 0.717) is 28.6 Å². The number of hydrogen-bond acceptors (Lipinski definition) is 5. The van der Waals surface area contributed by atoms with Crippen LogP contribution in [-0.4, -0.2) is 23.9 Å². The number of allylic oxidation sites excluding steroid dienone is 1. The summed E-state index contributed by atoms with van der Waals surface area (Å²) in [5.41, 5.74) is 2.82. The molecule has 2 heterocycles. The fraction of sp³-hybridized carbons (Fsp3) is 0.111. The maximum Gasteiger partial charge on any atom is 0.231 e. The predicted molar refractivity (Wildman–Crippen MR) is 88.7 cm³/mol. The maximum absolute atomic E-state index is 9.55. The van der Waals surface area contributed by atoms with Crippen LogP contribution in [0.1, 0.15) is 11.4 Å². The summed E-state index contributed by atoms with van der Waals surface area (Å²) in [7, 11) is 1.57. The zero-order chi connectivity index (χ0) is 16.5. The highest BCUT2D eigenvalue weighted by Crippen LogP contribution is 2.39. The summed E-state index contributed by atoms with van der Waals surface area (Å²) < 4.78 is 16.1. The molecular weight excluding hydrogens is 306 g/mol. The average Bonchev–Trinajstić information content (AvgIpc) is 3.24. The van der Waals surface area contributed by atoms with Crippen molar-refractivity contribution in [3.63, 3.8) is 0 Å². The van der Waals surface area contributed by atoms with Crippen molar-refractivity contribution in [3.05, 3.63) is 47.8 Å². The standard InChI is InChI=1S/C18H13N3O3/c1-22-15-8-17-16(23-10-24-17)7-11(15)6-12(9-19)18-20-13-4-2-3-5-14(13)21-18/h2-8H,10H2,1H3,(H,20,21). The van der Waals surface area contributed by atoms with E-state index in [1.807, 2.05) is 24.3 Å². The number of methoxy groups -OCH3 is 1. The Balaban J connectivity index is 1.82. The van der Waals surface area contributed by atoms with E-state index in [4.69, 9.17) is 14.2 Å². The zero-order valence-corrected chi connectivity index (χ0v) is 12.9. The molecule has 118 valence electrons. The lowest BCUT2D eigenvalue weighted by molar-refractivity contribution is 0.174. The molecule has 1 aliphatic heterocycles. The van der Waals surface area contributed by atoms with Crippen molar-refractivity contribution in [2.24, 2.45) is 0 Å². The van der Waals surface area contributed by atoms with E-state index >= 15 is 0 Å². The number of aromatic amines is 1. The highest BCUT2D eigenvalue weighted by molar-refractivity contribution is 5.91. The van der Waals surface area contributed by atoms with Gasteiger partial charge >= 0.3 is 0 Å². The van der Waals surface area contributed by atoms with Crippen LogP contribution >= 0.6 is 0 Å². The number of aromatic nitrogens is 2. The normalized spacial score (nSPS) is 13.1. The third-order valence-electron chi connectivity index (χ3n) is 3.79. The van der Waals surface area contributed by atoms with Gasteiger partial charge in [-0.25, -0.2) is 4.98 Å². The van der Waals surface area contributed by atoms with Crippen LogP contribution in [0.2, 0.25) is 0 Å². The number of ether oxygens (including phenoxy) is 3. The Morgan fingerprint density at radius 2 is 2.08 bits per heavy atom. The second-order valence-corrected chi connectivity index (χ2v) is 5.22. The lowest BCUT2D eigenvalue weighted by atomic mass is 10.1. The Morgan fingerprint density at radius 1 is 1.29 bits per heavy atom. The third-order valence-corrected chi connectivity index (χ3v) is 3.79. The molecule has 2 aromatic carbocycles. The first-order valence-electron chi connectivity index (χ1n) is 7.33. The van der Waals surface area contributed by atoms with Gasteiger partial charge in [0, 0.05) is 11.6 Å². The summed E-state index contributed by atoms with van der Waals surface area (Å²) in [6, 6.07) is 13.4. The SMILES string of the molecule is COc1cc2c(cc1C=C(C#N)c1nc3ccccc3[nH]1)OCO2. The summed E-state index contributed by atoms with van der Waals surface area (Å²) in [6.07, 6.45) is 1.72. The number of nitriles is 1. The molecule has 0 aliphatic carbocycles. The van der Waals surface area contributed by atoms with Gasteiger partial charge in [0.1, 0.15) is 17.6 Å². The summed E-state index contributed by atoms with van der Waals surface area (Å²) >= 11 is 0. The largest absolute Gasteiger partial charge is 0.496 e. The van der Waals surface area contributed by atoms with E-state index in [1.54, 1.807) is 25.3 Å². The van der Waals surface area contributed by atoms with E-state index in [-0.39, 0.29) is 6.79 Å². The van der Waals surface area contributed by atoms with Gasteiger partial charge in [-0.3, -0.25) is 0 Å². The fourth-order valence-electron chi connectivity index (χ4n) is 2.62. The van der Waals surface area contributed by atoms with Crippen LogP contribution in [0.4, 0.5) is 0 Å². The van der Waals surface area contributed by atoms with Crippen LogP contribution < -0.4 is 14.2 Å². The van der Waals surface area contributed by atoms with Gasteiger partial charge in [0.15, 0.2) is 11.5 Å². The Bertz CT molecular complexity index is 965. The van der Waals surface area contributed by atoms with E-state index in [9.17, 15) is 5.26 Å². The van der Waals surface area contributed by atoms with Gasteiger partial charge in [-0.2, -0.15) is 5.26 Å². The number of rotatable bonds is 3. The lowest BCUT2D eigenvalue weighted by Crippen LogP contribution is -1.92. The molecule has 0 saturated heterocycles. The van der Waals surface area contributed by atoms with Crippen molar-refractivity contribution < 1.29 is 14.2 Å². The van der Waals surface area contributed by atoms with Gasteiger partial charge in [0.05, 0.1) is 23.7 Å². The van der Waals surface area contributed by atoms with Crippen LogP contribution in [0.5, 0.6) is 17.2 Å². The molecule has 1 aromatic heterocycles. The van der Waals surface area contributed by atoms with Crippen molar-refractivity contribution in [1.29, 1.82) is 5.26 Å². The van der Waals surface area contributed by atoms with Crippen molar-refractivity contribution in [2.45, 2.75) is 0 Å². The van der Waals surface area contributed by atoms with E-state index < -0.39 is 0 Å². The Hall–Kier alpha value is -3.46. The molecule has 4 rings (SSSR count). The third kappa shape index (κ3) is 2.32. The van der Waals surface area contributed by atoms with Gasteiger partial charge < -0.3 is 19.2 Å². The predicted octanol–water partition coefficient (Wildman–Crippen LogP) is 3.36. The van der Waals surface area contributed by atoms with Crippen molar-refractivity contribution in [3.8, 4) is 23.3 Å². The summed E-state index contributed by atoms with van der Waals surface area (Å²) in [4.78, 5) is 7.62. The molecule has 0 bridgehead atoms. The minimum atomic E-state index is 0.181. The number of nitrogens with one attached hydrogen (secondary N) is 1. The quantitative estimate of drug-likeness (QED) is 0.749. The molecule has 3 aromatic rings. The molecule has 0 amide bonds. The molecule has 1 N–H and O–H groups in total. The number of imidazole rings is 1. The smallest absolute Gasteiger partial charge is 0.231 e. The number of fused-ring (bicyclic) bond motifs is 2. The molecule has 0 spiro atoms. The molecular formula is C18H13N3O3. The highest BCUT2D eigenvalue weighted by atomic mass is 16.7. The molecule has 0 fully saturated rings. The summed E-state index contributed by atoms with van der Waals surface area (Å²) in [5, 5.41) is 9.55. The van der Waals surface area contributed by atoms with Crippen LogP contribution in [0.3, 0.4) is 0 Å². The Labute approximate surface area is 137 Å². The molecule has 1 aliphatic rings. The van der Waals surface area contributed by atoms with Gasteiger partial charge in [0.2, 0.25) is 6.79 Å². The number of benzene rings is 2. The molecule has 0 atom stereocenters. The highest BCUT2D eigenvalue weighted by Gasteiger charge is 2.18. The molecule has 0 saturated carbocycles. The first kappa shape index (κ1) is 14.2. The monoisotopic (exact) mass is 319 g/mol. The number of H-pyrrole nitrogens is 1. The number of hydrogen-bond donors (Lipinski definition) is 1. The first-order chi connectivity index (χ1) is 11.8. The molecule has 24 heavy (non-hydrogen) atoms. The van der Waals surface area contributed by atoms with E-state index in [1.165, 1.54) is 0 Å². The average molecular weight is 319 g/mol. The molecule has 6 nitrogen and oxygen atoms in total. The van der Waals surface area contributed by atoms with E-state index in [0.717, 1.165) is 16.6 Å². The van der Waals surface area contributed by atoms with Gasteiger partial charge in [-0.1, -0.05) is 12.1 Å². The van der Waals surface area contributed by atoms with Crippen LogP contribution in [0.15, 0.2) is 36.4 Å². The van der Waals surface area contributed by atoms with Crippen molar-refractivity contribution >= 4 is 22.7 Å². The Morgan fingerprint density at radius 3 is 2.83 bits per heavy atom.